The average Bonchev–Trinajstić information content (AvgIpc) is 2.42. The molecule has 1 aliphatic heterocycles. The molecule has 2 atom stereocenters. The monoisotopic (exact) mass is 291 g/mol. The van der Waals surface area contributed by atoms with Gasteiger partial charge < -0.3 is 9.84 Å². The van der Waals surface area contributed by atoms with Crippen LogP contribution in [-0.4, -0.2) is 34.7 Å². The first kappa shape index (κ1) is 16.3. The highest BCUT2D eigenvalue weighted by atomic mass is 16.5. The van der Waals surface area contributed by atoms with Gasteiger partial charge in [-0.3, -0.25) is 4.90 Å². The molecule has 1 aromatic carbocycles. The zero-order chi connectivity index (χ0) is 15.8. The second kappa shape index (κ2) is 5.98. The van der Waals surface area contributed by atoms with Gasteiger partial charge in [-0.15, -0.1) is 0 Å². The van der Waals surface area contributed by atoms with Crippen molar-refractivity contribution in [3.8, 4) is 5.75 Å². The Labute approximate surface area is 128 Å². The van der Waals surface area contributed by atoms with Gasteiger partial charge in [-0.1, -0.05) is 33.8 Å². The Morgan fingerprint density at radius 1 is 1.24 bits per heavy atom. The van der Waals surface area contributed by atoms with E-state index in [-0.39, 0.29) is 6.04 Å². The van der Waals surface area contributed by atoms with Gasteiger partial charge >= 0.3 is 0 Å². The number of likely N-dealkylation sites (N-methyl/N-ethyl adjacent to an activating group) is 1. The van der Waals surface area contributed by atoms with Crippen molar-refractivity contribution in [1.29, 1.82) is 0 Å². The SMILES string of the molecule is CCN(CC)C1C(O)c2cc(C(C)C)ccc2OC1(C)C. The first-order valence-corrected chi connectivity index (χ1v) is 8.06. The molecule has 1 heterocycles. The molecule has 3 heteroatoms. The molecular weight excluding hydrogens is 262 g/mol. The number of aliphatic hydroxyl groups excluding tert-OH is 1. The van der Waals surface area contributed by atoms with Crippen molar-refractivity contribution in [3.05, 3.63) is 29.3 Å². The zero-order valence-corrected chi connectivity index (χ0v) is 14.2. The lowest BCUT2D eigenvalue weighted by atomic mass is 9.83. The number of aliphatic hydroxyl groups is 1. The summed E-state index contributed by atoms with van der Waals surface area (Å²) >= 11 is 0. The van der Waals surface area contributed by atoms with Crippen LogP contribution in [0.2, 0.25) is 0 Å². The van der Waals surface area contributed by atoms with E-state index in [1.165, 1.54) is 5.56 Å². The molecule has 0 spiro atoms. The largest absolute Gasteiger partial charge is 0.486 e. The number of hydrogen-bond donors (Lipinski definition) is 1. The summed E-state index contributed by atoms with van der Waals surface area (Å²) in [5.41, 5.74) is 1.77. The van der Waals surface area contributed by atoms with Crippen LogP contribution >= 0.6 is 0 Å². The van der Waals surface area contributed by atoms with E-state index in [0.717, 1.165) is 24.4 Å². The molecule has 1 aliphatic rings. The van der Waals surface area contributed by atoms with Crippen LogP contribution < -0.4 is 4.74 Å². The van der Waals surface area contributed by atoms with E-state index < -0.39 is 11.7 Å². The highest BCUT2D eigenvalue weighted by Crippen LogP contribution is 2.43. The summed E-state index contributed by atoms with van der Waals surface area (Å²) in [5, 5.41) is 11.0. The molecule has 2 rings (SSSR count). The van der Waals surface area contributed by atoms with E-state index in [4.69, 9.17) is 4.74 Å². The fraction of sp³-hybridized carbons (Fsp3) is 0.667. The molecule has 0 fully saturated rings. The maximum absolute atomic E-state index is 11.0. The standard InChI is InChI=1S/C18H29NO2/c1-7-19(8-2)17-16(20)14-11-13(12(3)4)9-10-15(14)21-18(17,5)6/h9-12,16-17,20H,7-8H2,1-6H3. The van der Waals surface area contributed by atoms with Gasteiger partial charge in [0.1, 0.15) is 17.5 Å². The van der Waals surface area contributed by atoms with Gasteiger partial charge in [0, 0.05) is 5.56 Å². The minimum Gasteiger partial charge on any atom is -0.486 e. The molecule has 0 aromatic heterocycles. The van der Waals surface area contributed by atoms with Gasteiger partial charge in [-0.25, -0.2) is 0 Å². The van der Waals surface area contributed by atoms with Crippen molar-refractivity contribution in [2.24, 2.45) is 0 Å². The van der Waals surface area contributed by atoms with Crippen molar-refractivity contribution in [1.82, 2.24) is 4.90 Å². The topological polar surface area (TPSA) is 32.7 Å². The van der Waals surface area contributed by atoms with E-state index >= 15 is 0 Å². The third-order valence-electron chi connectivity index (χ3n) is 4.61. The predicted octanol–water partition coefficient (Wildman–Crippen LogP) is 3.72. The number of hydrogen-bond acceptors (Lipinski definition) is 3. The lowest BCUT2D eigenvalue weighted by molar-refractivity contribution is -0.0799. The molecule has 2 unspecified atom stereocenters. The molecule has 0 radical (unpaired) electrons. The van der Waals surface area contributed by atoms with Crippen molar-refractivity contribution in [2.45, 2.75) is 65.2 Å². The summed E-state index contributed by atoms with van der Waals surface area (Å²) in [7, 11) is 0. The number of rotatable bonds is 4. The third kappa shape index (κ3) is 2.95. The molecule has 0 amide bonds. The van der Waals surface area contributed by atoms with Gasteiger partial charge in [0.25, 0.3) is 0 Å². The van der Waals surface area contributed by atoms with Crippen LogP contribution in [0.3, 0.4) is 0 Å². The Balaban J connectivity index is 2.46. The minimum atomic E-state index is -0.512. The summed E-state index contributed by atoms with van der Waals surface area (Å²) in [6.07, 6.45) is -0.512. The molecule has 0 saturated carbocycles. The van der Waals surface area contributed by atoms with E-state index in [0.29, 0.717) is 5.92 Å². The number of fused-ring (bicyclic) bond motifs is 1. The van der Waals surface area contributed by atoms with Crippen LogP contribution in [-0.2, 0) is 0 Å². The summed E-state index contributed by atoms with van der Waals surface area (Å²) < 4.78 is 6.22. The molecule has 0 bridgehead atoms. The second-order valence-corrected chi connectivity index (χ2v) is 6.77. The summed E-state index contributed by atoms with van der Waals surface area (Å²) in [4.78, 5) is 2.29. The van der Waals surface area contributed by atoms with E-state index in [1.807, 2.05) is 6.07 Å². The fourth-order valence-corrected chi connectivity index (χ4v) is 3.40. The van der Waals surface area contributed by atoms with Gasteiger partial charge in [-0.2, -0.15) is 0 Å². The zero-order valence-electron chi connectivity index (χ0n) is 14.2. The van der Waals surface area contributed by atoms with Gasteiger partial charge in [0.15, 0.2) is 0 Å². The van der Waals surface area contributed by atoms with Crippen molar-refractivity contribution in [3.63, 3.8) is 0 Å². The Kier molecular flexibility index (Phi) is 4.64. The quantitative estimate of drug-likeness (QED) is 0.917. The summed E-state index contributed by atoms with van der Waals surface area (Å²) in [6, 6.07) is 6.19. The maximum Gasteiger partial charge on any atom is 0.126 e. The van der Waals surface area contributed by atoms with Crippen molar-refractivity contribution >= 4 is 0 Å². The molecule has 3 nitrogen and oxygen atoms in total. The Hall–Kier alpha value is -1.06. The average molecular weight is 291 g/mol. The molecular formula is C18H29NO2. The Morgan fingerprint density at radius 3 is 2.38 bits per heavy atom. The summed E-state index contributed by atoms with van der Waals surface area (Å²) in [6.45, 7) is 14.6. The van der Waals surface area contributed by atoms with Gasteiger partial charge in [0.05, 0.1) is 6.04 Å². The minimum absolute atomic E-state index is 0.0255. The number of benzene rings is 1. The van der Waals surface area contributed by atoms with Crippen LogP contribution in [0.4, 0.5) is 0 Å². The van der Waals surface area contributed by atoms with Crippen LogP contribution in [0.5, 0.6) is 5.75 Å². The fourth-order valence-electron chi connectivity index (χ4n) is 3.40. The normalized spacial score (nSPS) is 24.0. The molecule has 118 valence electrons. The van der Waals surface area contributed by atoms with Gasteiger partial charge in [-0.05, 0) is 50.6 Å². The first-order chi connectivity index (χ1) is 9.81. The van der Waals surface area contributed by atoms with Crippen molar-refractivity contribution in [2.75, 3.05) is 13.1 Å². The molecule has 21 heavy (non-hydrogen) atoms. The van der Waals surface area contributed by atoms with Gasteiger partial charge in [0.2, 0.25) is 0 Å². The molecule has 1 aromatic rings. The lowest BCUT2D eigenvalue weighted by Crippen LogP contribution is -2.57. The smallest absolute Gasteiger partial charge is 0.126 e. The highest BCUT2D eigenvalue weighted by molar-refractivity contribution is 5.43. The predicted molar refractivity (Wildman–Crippen MR) is 86.9 cm³/mol. The Bertz CT molecular complexity index is 492. The van der Waals surface area contributed by atoms with Crippen LogP contribution in [0, 0.1) is 0 Å². The Morgan fingerprint density at radius 2 is 1.86 bits per heavy atom. The second-order valence-electron chi connectivity index (χ2n) is 6.77. The molecule has 1 N–H and O–H groups in total. The van der Waals surface area contributed by atoms with Crippen molar-refractivity contribution < 1.29 is 9.84 Å². The lowest BCUT2D eigenvalue weighted by Gasteiger charge is -2.47. The van der Waals surface area contributed by atoms with E-state index in [1.54, 1.807) is 0 Å². The van der Waals surface area contributed by atoms with Crippen LogP contribution in [0.1, 0.15) is 64.7 Å². The first-order valence-electron chi connectivity index (χ1n) is 8.06. The van der Waals surface area contributed by atoms with Crippen LogP contribution in [0.15, 0.2) is 18.2 Å². The molecule has 0 saturated heterocycles. The summed E-state index contributed by atoms with van der Waals surface area (Å²) in [5.74, 6) is 1.27. The van der Waals surface area contributed by atoms with Crippen LogP contribution in [0.25, 0.3) is 0 Å². The maximum atomic E-state index is 11.0. The van der Waals surface area contributed by atoms with E-state index in [9.17, 15) is 5.11 Å². The number of ether oxygens (including phenoxy) is 1. The third-order valence-corrected chi connectivity index (χ3v) is 4.61. The number of nitrogens with zero attached hydrogens (tertiary/aromatic N) is 1. The molecule has 0 aliphatic carbocycles. The highest BCUT2D eigenvalue weighted by Gasteiger charge is 2.45. The van der Waals surface area contributed by atoms with E-state index in [2.05, 4.69) is 58.6 Å².